The normalized spacial score (nSPS) is 22.7. The lowest BCUT2D eigenvalue weighted by atomic mass is 9.55. The van der Waals surface area contributed by atoms with E-state index in [0.717, 1.165) is 42.4 Å². The van der Waals surface area contributed by atoms with Crippen molar-refractivity contribution in [3.63, 3.8) is 0 Å². The second-order valence-corrected chi connectivity index (χ2v) is 16.3. The Kier molecular flexibility index (Phi) is 19.0. The topological polar surface area (TPSA) is 158 Å². The number of carbonyl (C=O) groups is 1. The molecule has 3 aromatic rings. The molecule has 6 atom stereocenters. The minimum Gasteiger partial charge on any atom is -0.489 e. The van der Waals surface area contributed by atoms with E-state index in [1.165, 1.54) is 6.07 Å². The predicted molar refractivity (Wildman–Crippen MR) is 239 cm³/mol. The Hall–Kier alpha value is -4.83. The smallest absolute Gasteiger partial charge is 0.410 e. The zero-order valence-corrected chi connectivity index (χ0v) is 37.0. The molecule has 3 aromatic carbocycles. The van der Waals surface area contributed by atoms with Gasteiger partial charge in [0.25, 0.3) is 0 Å². The van der Waals surface area contributed by atoms with Gasteiger partial charge in [-0.1, -0.05) is 78.7 Å². The molecule has 64 heavy (non-hydrogen) atoms. The van der Waals surface area contributed by atoms with E-state index in [0.29, 0.717) is 48.8 Å². The lowest BCUT2D eigenvalue weighted by Gasteiger charge is -2.59. The van der Waals surface area contributed by atoms with Gasteiger partial charge >= 0.3 is 6.09 Å². The molecule has 2 aliphatic carbocycles. The van der Waals surface area contributed by atoms with E-state index in [1.807, 2.05) is 49.4 Å². The van der Waals surface area contributed by atoms with Gasteiger partial charge in [-0.3, -0.25) is 4.90 Å². The fourth-order valence-electron chi connectivity index (χ4n) is 9.40. The van der Waals surface area contributed by atoms with Gasteiger partial charge in [0, 0.05) is 43.2 Å². The van der Waals surface area contributed by atoms with Gasteiger partial charge in [0.05, 0.1) is 51.3 Å². The minimum absolute atomic E-state index is 0.0155. The van der Waals surface area contributed by atoms with Crippen molar-refractivity contribution >= 4 is 11.8 Å². The van der Waals surface area contributed by atoms with Gasteiger partial charge in [0.2, 0.25) is 5.79 Å². The van der Waals surface area contributed by atoms with E-state index in [-0.39, 0.29) is 96.0 Å². The standard InChI is InChI=1S/C50H65FN2O11/c1-3-26-62-50-46(53(22-27-58-28-25-56)49(57)60-30-29-59-34-36-14-6-5-7-15-36)33-44(52-63-4-2)41-31-37(16-10-12-23-54)40(18-11-13-24-55)47(48(41)50)42-32-39(20-21-45(42)64-50)61-35-38-17-8-9-19-43(38)51/h3,5-9,14-15,17,19-21,31-32,37,40,46-48,54-56H,1,4,10-13,16,18,22-30,33-35H2,2H3/t37-,40+,46-,47+,48+,50+/m0/s1. The average Bonchev–Trinajstić information content (AvgIpc) is 3.31. The van der Waals surface area contributed by atoms with Crippen molar-refractivity contribution in [3.8, 4) is 11.5 Å². The molecule has 3 aliphatic rings. The summed E-state index contributed by atoms with van der Waals surface area (Å²) in [4.78, 5) is 22.0. The monoisotopic (exact) mass is 888 g/mol. The Morgan fingerprint density at radius 1 is 0.922 bits per heavy atom. The molecule has 0 saturated heterocycles. The summed E-state index contributed by atoms with van der Waals surface area (Å²) in [7, 11) is 0. The largest absolute Gasteiger partial charge is 0.489 e. The lowest BCUT2D eigenvalue weighted by molar-refractivity contribution is -0.256. The van der Waals surface area contributed by atoms with Crippen molar-refractivity contribution in [2.45, 2.75) is 82.8 Å². The highest BCUT2D eigenvalue weighted by Crippen LogP contribution is 2.62. The third-order valence-corrected chi connectivity index (χ3v) is 12.2. The van der Waals surface area contributed by atoms with Crippen LogP contribution in [0, 0.1) is 23.6 Å². The molecule has 6 rings (SSSR count). The molecule has 348 valence electrons. The molecule has 14 heteroatoms. The second-order valence-electron chi connectivity index (χ2n) is 16.3. The number of unbranched alkanes of at least 4 members (excludes halogenated alkanes) is 2. The quantitative estimate of drug-likeness (QED) is 0.0391. The summed E-state index contributed by atoms with van der Waals surface area (Å²) in [5.41, 5.74) is 3.81. The minimum atomic E-state index is -1.52. The SMILES string of the molecule is C=CCO[C@@]12Oc3ccc(OCc4ccccc4F)cc3[C@H]3[C@H](CCCCO)[C@@H](CCCCO)C=C(C(=NOCC)C[C@@H]1N(CCOCCO)C(=O)OCCOCc1ccccc1)[C@H]32. The Morgan fingerprint density at radius 2 is 1.70 bits per heavy atom. The molecule has 3 N–H and O–H groups in total. The van der Waals surface area contributed by atoms with Crippen LogP contribution in [0.3, 0.4) is 0 Å². The fraction of sp³-hybridized carbons (Fsp3) is 0.520. The molecule has 0 radical (unpaired) electrons. The first-order valence-corrected chi connectivity index (χ1v) is 22.7. The van der Waals surface area contributed by atoms with E-state index < -0.39 is 23.8 Å². The van der Waals surface area contributed by atoms with Gasteiger partial charge in [-0.25, -0.2) is 9.18 Å². The van der Waals surface area contributed by atoms with Crippen LogP contribution >= 0.6 is 0 Å². The van der Waals surface area contributed by atoms with Crippen molar-refractivity contribution in [3.05, 3.63) is 120 Å². The first-order valence-electron chi connectivity index (χ1n) is 22.7. The zero-order chi connectivity index (χ0) is 45.2. The fourth-order valence-corrected chi connectivity index (χ4v) is 9.40. The van der Waals surface area contributed by atoms with Crippen molar-refractivity contribution in [2.24, 2.45) is 22.9 Å². The second kappa shape index (κ2) is 25.0. The van der Waals surface area contributed by atoms with Crippen LogP contribution in [0.15, 0.2) is 102 Å². The molecule has 0 spiro atoms. The summed E-state index contributed by atoms with van der Waals surface area (Å²) in [5, 5.41) is 34.1. The van der Waals surface area contributed by atoms with E-state index >= 15 is 0 Å². The highest BCUT2D eigenvalue weighted by molar-refractivity contribution is 6.03. The summed E-state index contributed by atoms with van der Waals surface area (Å²) in [5.74, 6) is -1.66. The lowest BCUT2D eigenvalue weighted by Crippen LogP contribution is -2.70. The van der Waals surface area contributed by atoms with Gasteiger partial charge in [-0.05, 0) is 79.8 Å². The molecular formula is C50H65FN2O11. The number of aliphatic hydroxyl groups is 3. The summed E-state index contributed by atoms with van der Waals surface area (Å²) >= 11 is 0. The number of benzene rings is 3. The summed E-state index contributed by atoms with van der Waals surface area (Å²) in [6.07, 6.45) is 7.80. The van der Waals surface area contributed by atoms with Gasteiger partial charge in [-0.2, -0.15) is 0 Å². The van der Waals surface area contributed by atoms with Crippen LogP contribution in [-0.2, 0) is 37.0 Å². The molecule has 0 bridgehead atoms. The number of hydrogen-bond donors (Lipinski definition) is 3. The number of nitrogens with zero attached hydrogens (tertiary/aromatic N) is 2. The molecule has 1 amide bonds. The Labute approximate surface area is 376 Å². The number of halogens is 1. The first-order chi connectivity index (χ1) is 31.4. The Bertz CT molecular complexity index is 1980. The summed E-state index contributed by atoms with van der Waals surface area (Å²) in [6, 6.07) is 21.0. The number of allylic oxidation sites excluding steroid dienone is 1. The number of rotatable bonds is 27. The highest BCUT2D eigenvalue weighted by atomic mass is 19.1. The molecule has 1 fully saturated rings. The maximum atomic E-state index is 14.8. The molecule has 0 unspecified atom stereocenters. The molecule has 1 aliphatic heterocycles. The number of oxime groups is 1. The Morgan fingerprint density at radius 3 is 2.45 bits per heavy atom. The summed E-state index contributed by atoms with van der Waals surface area (Å²) in [6.45, 7) is 6.92. The van der Waals surface area contributed by atoms with E-state index in [1.54, 1.807) is 35.2 Å². The van der Waals surface area contributed by atoms with Crippen molar-refractivity contribution < 1.29 is 57.8 Å². The van der Waals surface area contributed by atoms with E-state index in [4.69, 9.17) is 38.4 Å². The van der Waals surface area contributed by atoms with Crippen LogP contribution in [0.25, 0.3) is 0 Å². The summed E-state index contributed by atoms with van der Waals surface area (Å²) < 4.78 is 52.9. The van der Waals surface area contributed by atoms with Gasteiger partial charge in [0.1, 0.15) is 43.2 Å². The van der Waals surface area contributed by atoms with Crippen molar-refractivity contribution in [1.29, 1.82) is 0 Å². The van der Waals surface area contributed by atoms with Crippen LogP contribution in [0.4, 0.5) is 9.18 Å². The zero-order valence-electron chi connectivity index (χ0n) is 37.0. The molecular weight excluding hydrogens is 824 g/mol. The third kappa shape index (κ3) is 12.1. The Balaban J connectivity index is 1.46. The number of aliphatic hydroxyl groups excluding tert-OH is 3. The van der Waals surface area contributed by atoms with E-state index in [9.17, 15) is 24.5 Å². The van der Waals surface area contributed by atoms with Crippen LogP contribution in [0.5, 0.6) is 11.5 Å². The number of fused-ring (bicyclic) bond motifs is 2. The predicted octanol–water partition coefficient (Wildman–Crippen LogP) is 7.72. The van der Waals surface area contributed by atoms with E-state index in [2.05, 4.69) is 12.7 Å². The molecule has 13 nitrogen and oxygen atoms in total. The van der Waals surface area contributed by atoms with Crippen molar-refractivity contribution in [2.75, 3.05) is 66.0 Å². The number of ether oxygens (including phenoxy) is 6. The first kappa shape index (κ1) is 48.6. The average molecular weight is 889 g/mol. The van der Waals surface area contributed by atoms with Crippen LogP contribution in [-0.4, -0.2) is 110 Å². The number of amides is 1. The highest BCUT2D eigenvalue weighted by Gasteiger charge is 2.65. The van der Waals surface area contributed by atoms with Gasteiger partial charge < -0.3 is 48.6 Å². The van der Waals surface area contributed by atoms with Gasteiger partial charge in [-0.15, -0.1) is 6.58 Å². The van der Waals surface area contributed by atoms with Crippen LogP contribution in [0.2, 0.25) is 0 Å². The number of carbonyl (C=O) groups excluding carboxylic acids is 1. The third-order valence-electron chi connectivity index (χ3n) is 12.2. The van der Waals surface area contributed by atoms with Crippen LogP contribution < -0.4 is 9.47 Å². The van der Waals surface area contributed by atoms with Gasteiger partial charge in [0.15, 0.2) is 0 Å². The van der Waals surface area contributed by atoms with Crippen LogP contribution in [0.1, 0.15) is 74.5 Å². The molecule has 1 heterocycles. The maximum Gasteiger partial charge on any atom is 0.410 e. The number of hydrogen-bond acceptors (Lipinski definition) is 12. The molecule has 1 saturated carbocycles. The molecule has 0 aromatic heterocycles. The maximum absolute atomic E-state index is 14.8. The van der Waals surface area contributed by atoms with Crippen molar-refractivity contribution in [1.82, 2.24) is 4.90 Å².